The zero-order valence-corrected chi connectivity index (χ0v) is 24.3. The minimum atomic E-state index is -1.33. The maximum absolute atomic E-state index is 13.4. The number of nitrogens with zero attached hydrogens (tertiary/aromatic N) is 2. The Morgan fingerprint density at radius 2 is 1.73 bits per heavy atom. The zero-order valence-electron chi connectivity index (χ0n) is 23.6. The molecule has 0 radical (unpaired) electrons. The number of hydrogen-bond acceptors (Lipinski definition) is 4. The van der Waals surface area contributed by atoms with E-state index in [1.165, 1.54) is 5.56 Å². The van der Waals surface area contributed by atoms with E-state index in [1.807, 2.05) is 54.6 Å². The van der Waals surface area contributed by atoms with Crippen LogP contribution in [-0.4, -0.2) is 32.4 Å². The van der Waals surface area contributed by atoms with E-state index in [4.69, 9.17) is 16.6 Å². The minimum absolute atomic E-state index is 0.00955. The number of aliphatic hydroxyl groups is 1. The summed E-state index contributed by atoms with van der Waals surface area (Å²) in [5, 5.41) is 11.8. The van der Waals surface area contributed by atoms with Gasteiger partial charge in [0.25, 0.3) is 11.5 Å². The first-order valence-electron chi connectivity index (χ1n) is 14.1. The second kappa shape index (κ2) is 10.3. The van der Waals surface area contributed by atoms with Gasteiger partial charge in [0.1, 0.15) is 5.82 Å². The Bertz CT molecular complexity index is 1700. The molecule has 0 unspecified atom stereocenters. The van der Waals surface area contributed by atoms with Gasteiger partial charge in [-0.3, -0.25) is 9.59 Å². The van der Waals surface area contributed by atoms with Gasteiger partial charge in [-0.05, 0) is 64.3 Å². The minimum Gasteiger partial charge on any atom is -0.378 e. The number of benzene rings is 3. The summed E-state index contributed by atoms with van der Waals surface area (Å²) in [5.74, 6) is 0.244. The molecule has 1 aliphatic carbocycles. The molecule has 210 valence electrons. The van der Waals surface area contributed by atoms with Crippen LogP contribution in [0.5, 0.6) is 0 Å². The molecule has 1 amide bonds. The van der Waals surface area contributed by atoms with E-state index < -0.39 is 12.0 Å². The summed E-state index contributed by atoms with van der Waals surface area (Å²) in [6.45, 7) is 7.02. The molecule has 1 atom stereocenters. The Morgan fingerprint density at radius 1 is 1.02 bits per heavy atom. The summed E-state index contributed by atoms with van der Waals surface area (Å²) < 4.78 is 0. The summed E-state index contributed by atoms with van der Waals surface area (Å²) >= 11 is 6.24. The molecular formula is C34H34ClN3O3. The predicted octanol–water partition coefficient (Wildman–Crippen LogP) is 6.09. The molecule has 1 aromatic heterocycles. The molecule has 1 fully saturated rings. The van der Waals surface area contributed by atoms with Crippen molar-refractivity contribution < 1.29 is 9.90 Å². The van der Waals surface area contributed by atoms with E-state index in [1.54, 1.807) is 11.0 Å². The van der Waals surface area contributed by atoms with E-state index >= 15 is 0 Å². The first-order valence-corrected chi connectivity index (χ1v) is 14.5. The number of aromatic amines is 1. The maximum Gasteiger partial charge on any atom is 0.256 e. The van der Waals surface area contributed by atoms with Gasteiger partial charge in [-0.15, -0.1) is 0 Å². The van der Waals surface area contributed by atoms with Crippen LogP contribution in [0.4, 0.5) is 0 Å². The summed E-state index contributed by atoms with van der Waals surface area (Å²) in [5.41, 5.74) is 5.42. The fourth-order valence-corrected chi connectivity index (χ4v) is 5.97. The number of carbonyl (C=O) groups is 1. The number of carbonyl (C=O) groups excluding carboxylic acids is 1. The third-order valence-corrected chi connectivity index (χ3v) is 8.69. The molecule has 3 aromatic carbocycles. The standard InChI is InChI=1S/C34H34ClN3O3/c1-33(2,3)24-10-5-8-22(18-24)21-7-4-9-23(17-21)29(39)31(41)38-16-13-28-27(20-38)30(40)37-32(36-28)34(14-15-34)25-11-6-12-26(35)19-25/h4-12,17-19,29,39H,13-16,20H2,1-3H3,(H,36,37,40)/t29-/m1/s1. The number of rotatable bonds is 5. The maximum atomic E-state index is 13.4. The predicted molar refractivity (Wildman–Crippen MR) is 161 cm³/mol. The molecule has 6 rings (SSSR count). The number of hydrogen-bond donors (Lipinski definition) is 2. The highest BCUT2D eigenvalue weighted by Crippen LogP contribution is 2.52. The molecular weight excluding hydrogens is 534 g/mol. The number of fused-ring (bicyclic) bond motifs is 1. The van der Waals surface area contributed by atoms with Gasteiger partial charge < -0.3 is 15.0 Å². The van der Waals surface area contributed by atoms with Gasteiger partial charge in [0, 0.05) is 18.0 Å². The lowest BCUT2D eigenvalue weighted by atomic mass is 9.85. The molecule has 0 spiro atoms. The highest BCUT2D eigenvalue weighted by atomic mass is 35.5. The van der Waals surface area contributed by atoms with Crippen LogP contribution >= 0.6 is 11.6 Å². The molecule has 2 aliphatic rings. The SMILES string of the molecule is CC(C)(C)c1cccc(-c2cccc([C@@H](O)C(=O)N3CCc4nc(C5(c6cccc(Cl)c6)CC5)[nH]c(=O)c4C3)c2)c1. The van der Waals surface area contributed by atoms with Crippen molar-refractivity contribution in [3.05, 3.63) is 122 Å². The van der Waals surface area contributed by atoms with Gasteiger partial charge in [0.05, 0.1) is 23.2 Å². The van der Waals surface area contributed by atoms with Crippen molar-refractivity contribution in [3.63, 3.8) is 0 Å². The van der Waals surface area contributed by atoms with Crippen LogP contribution in [0.1, 0.15) is 73.5 Å². The smallest absolute Gasteiger partial charge is 0.256 e. The third kappa shape index (κ3) is 5.22. The summed E-state index contributed by atoms with van der Waals surface area (Å²) in [4.78, 5) is 36.1. The van der Waals surface area contributed by atoms with Crippen LogP contribution in [0.2, 0.25) is 5.02 Å². The van der Waals surface area contributed by atoms with Crippen LogP contribution in [-0.2, 0) is 28.6 Å². The lowest BCUT2D eigenvalue weighted by Gasteiger charge is -2.30. The van der Waals surface area contributed by atoms with Crippen LogP contribution in [0.15, 0.2) is 77.6 Å². The van der Waals surface area contributed by atoms with Gasteiger partial charge in [-0.25, -0.2) is 4.98 Å². The fourth-order valence-electron chi connectivity index (χ4n) is 5.78. The molecule has 1 saturated carbocycles. The van der Waals surface area contributed by atoms with Crippen molar-refractivity contribution in [2.24, 2.45) is 0 Å². The summed E-state index contributed by atoms with van der Waals surface area (Å²) in [6, 6.07) is 23.5. The number of aliphatic hydroxyl groups excluding tert-OH is 1. The highest BCUT2D eigenvalue weighted by Gasteiger charge is 2.49. The number of H-pyrrole nitrogens is 1. The van der Waals surface area contributed by atoms with Crippen molar-refractivity contribution in [1.29, 1.82) is 0 Å². The van der Waals surface area contributed by atoms with E-state index in [-0.39, 0.29) is 22.9 Å². The van der Waals surface area contributed by atoms with Crippen molar-refractivity contribution in [2.45, 2.75) is 63.5 Å². The van der Waals surface area contributed by atoms with Crippen molar-refractivity contribution >= 4 is 17.5 Å². The highest BCUT2D eigenvalue weighted by molar-refractivity contribution is 6.30. The number of aromatic nitrogens is 2. The Morgan fingerprint density at radius 3 is 2.44 bits per heavy atom. The number of nitrogens with one attached hydrogen (secondary N) is 1. The van der Waals surface area contributed by atoms with Crippen LogP contribution in [0.25, 0.3) is 11.1 Å². The average molecular weight is 568 g/mol. The Kier molecular flexibility index (Phi) is 6.87. The average Bonchev–Trinajstić information content (AvgIpc) is 3.78. The van der Waals surface area contributed by atoms with E-state index in [0.29, 0.717) is 34.9 Å². The Labute approximate surface area is 245 Å². The molecule has 7 heteroatoms. The van der Waals surface area contributed by atoms with Crippen LogP contribution in [0, 0.1) is 0 Å². The first kappa shape index (κ1) is 27.4. The molecule has 2 heterocycles. The largest absolute Gasteiger partial charge is 0.378 e. The molecule has 0 bridgehead atoms. The van der Waals surface area contributed by atoms with Crippen LogP contribution < -0.4 is 5.56 Å². The normalized spacial score (nSPS) is 16.7. The van der Waals surface area contributed by atoms with Crippen molar-refractivity contribution in [3.8, 4) is 11.1 Å². The molecule has 1 aliphatic heterocycles. The molecule has 2 N–H and O–H groups in total. The van der Waals surface area contributed by atoms with Gasteiger partial charge in [-0.2, -0.15) is 0 Å². The zero-order chi connectivity index (χ0) is 28.9. The summed E-state index contributed by atoms with van der Waals surface area (Å²) in [7, 11) is 0. The molecule has 0 saturated heterocycles. The quantitative estimate of drug-likeness (QED) is 0.306. The number of amides is 1. The van der Waals surface area contributed by atoms with Crippen LogP contribution in [0.3, 0.4) is 0 Å². The topological polar surface area (TPSA) is 86.3 Å². The van der Waals surface area contributed by atoms with Gasteiger partial charge in [0.2, 0.25) is 0 Å². The van der Waals surface area contributed by atoms with E-state index in [2.05, 4.69) is 37.9 Å². The molecule has 6 nitrogen and oxygen atoms in total. The van der Waals surface area contributed by atoms with Gasteiger partial charge in [0.15, 0.2) is 6.10 Å². The lowest BCUT2D eigenvalue weighted by molar-refractivity contribution is -0.141. The fraction of sp³-hybridized carbons (Fsp3) is 0.324. The van der Waals surface area contributed by atoms with E-state index in [9.17, 15) is 14.7 Å². The van der Waals surface area contributed by atoms with Crippen molar-refractivity contribution in [1.82, 2.24) is 14.9 Å². The number of halogens is 1. The molecule has 41 heavy (non-hydrogen) atoms. The van der Waals surface area contributed by atoms with Gasteiger partial charge in [-0.1, -0.05) is 87.0 Å². The Balaban J connectivity index is 1.22. The monoisotopic (exact) mass is 567 g/mol. The summed E-state index contributed by atoms with van der Waals surface area (Å²) in [6.07, 6.45) is 0.915. The van der Waals surface area contributed by atoms with Crippen molar-refractivity contribution in [2.75, 3.05) is 6.54 Å². The second-order valence-electron chi connectivity index (χ2n) is 12.3. The lowest BCUT2D eigenvalue weighted by Crippen LogP contribution is -2.42. The molecule has 4 aromatic rings. The Hall–Kier alpha value is -3.74. The second-order valence-corrected chi connectivity index (χ2v) is 12.7. The first-order chi connectivity index (χ1) is 19.5. The van der Waals surface area contributed by atoms with E-state index in [0.717, 1.165) is 35.2 Å². The third-order valence-electron chi connectivity index (χ3n) is 8.46. The van der Waals surface area contributed by atoms with Gasteiger partial charge >= 0.3 is 0 Å².